The van der Waals surface area contributed by atoms with Crippen molar-refractivity contribution in [3.05, 3.63) is 23.7 Å². The van der Waals surface area contributed by atoms with E-state index in [2.05, 4.69) is 38.4 Å². The van der Waals surface area contributed by atoms with Gasteiger partial charge < -0.3 is 20.9 Å². The van der Waals surface area contributed by atoms with Crippen LogP contribution in [0.15, 0.2) is 12.1 Å². The summed E-state index contributed by atoms with van der Waals surface area (Å²) in [6, 6.07) is 4.41. The summed E-state index contributed by atoms with van der Waals surface area (Å²) >= 11 is 0. The van der Waals surface area contributed by atoms with Crippen molar-refractivity contribution in [3.63, 3.8) is 0 Å². The number of aryl methyl sites for hydroxylation is 1. The third-order valence-electron chi connectivity index (χ3n) is 5.91. The normalized spacial score (nSPS) is 23.8. The number of piperazine rings is 1. The maximum absolute atomic E-state index is 6.07. The van der Waals surface area contributed by atoms with Crippen LogP contribution in [-0.4, -0.2) is 64.3 Å². The first-order valence-corrected chi connectivity index (χ1v) is 10.4. The van der Waals surface area contributed by atoms with Crippen LogP contribution in [0.4, 0.5) is 17.5 Å². The molecule has 1 saturated heterocycles. The number of nitrogens with one attached hydrogen (secondary N) is 2. The summed E-state index contributed by atoms with van der Waals surface area (Å²) in [4.78, 5) is 14.5. The molecule has 1 aliphatic heterocycles. The highest BCUT2D eigenvalue weighted by Gasteiger charge is 2.22. The second-order valence-corrected chi connectivity index (χ2v) is 8.36. The number of aromatic amines is 1. The minimum Gasteiger partial charge on any atom is -0.354 e. The van der Waals surface area contributed by atoms with E-state index in [0.29, 0.717) is 12.0 Å². The van der Waals surface area contributed by atoms with Gasteiger partial charge >= 0.3 is 0 Å². The van der Waals surface area contributed by atoms with Gasteiger partial charge in [-0.2, -0.15) is 5.10 Å². The molecule has 0 radical (unpaired) electrons. The Kier molecular flexibility index (Phi) is 5.77. The molecule has 4 N–H and O–H groups in total. The van der Waals surface area contributed by atoms with E-state index in [-0.39, 0.29) is 0 Å². The van der Waals surface area contributed by atoms with Crippen LogP contribution in [0.1, 0.15) is 37.2 Å². The van der Waals surface area contributed by atoms with Crippen LogP contribution in [0, 0.1) is 12.8 Å². The average molecular weight is 385 g/mol. The first-order valence-electron chi connectivity index (χ1n) is 10.4. The maximum Gasteiger partial charge on any atom is 0.153 e. The number of aromatic nitrogens is 4. The SMILES string of the molecule is Cc1cc(Nc2cc(N3CCN(C)CC3)nc(CC3CCC(N)CC3)n2)n[nH]1. The topological polar surface area (TPSA) is 99.0 Å². The average Bonchev–Trinajstić information content (AvgIpc) is 3.09. The van der Waals surface area contributed by atoms with Gasteiger partial charge in [-0.25, -0.2) is 9.97 Å². The summed E-state index contributed by atoms with van der Waals surface area (Å²) in [7, 11) is 2.17. The van der Waals surface area contributed by atoms with Crippen LogP contribution in [0.3, 0.4) is 0 Å². The van der Waals surface area contributed by atoms with Gasteiger partial charge in [-0.3, -0.25) is 5.10 Å². The van der Waals surface area contributed by atoms with Crippen molar-refractivity contribution in [2.45, 2.75) is 45.1 Å². The third-order valence-corrected chi connectivity index (χ3v) is 5.91. The van der Waals surface area contributed by atoms with E-state index in [0.717, 1.165) is 74.4 Å². The van der Waals surface area contributed by atoms with Gasteiger partial charge in [-0.05, 0) is 45.6 Å². The predicted octanol–water partition coefficient (Wildman–Crippen LogP) is 2.06. The van der Waals surface area contributed by atoms with Gasteiger partial charge in [0.1, 0.15) is 17.5 Å². The van der Waals surface area contributed by atoms with Crippen molar-refractivity contribution in [2.75, 3.05) is 43.4 Å². The fourth-order valence-electron chi connectivity index (χ4n) is 4.10. The molecule has 0 atom stereocenters. The van der Waals surface area contributed by atoms with E-state index in [1.165, 1.54) is 12.8 Å². The molecule has 28 heavy (non-hydrogen) atoms. The van der Waals surface area contributed by atoms with Crippen LogP contribution < -0.4 is 16.0 Å². The first kappa shape index (κ1) is 19.1. The molecule has 4 rings (SSSR count). The summed E-state index contributed by atoms with van der Waals surface area (Å²) in [5.74, 6) is 4.17. The molecular weight excluding hydrogens is 352 g/mol. The number of nitrogens with two attached hydrogens (primary N) is 1. The molecule has 2 aromatic heterocycles. The maximum atomic E-state index is 6.07. The second-order valence-electron chi connectivity index (χ2n) is 8.36. The molecule has 0 spiro atoms. The number of anilines is 3. The molecule has 2 aliphatic rings. The van der Waals surface area contributed by atoms with Crippen LogP contribution in [0.25, 0.3) is 0 Å². The second kappa shape index (κ2) is 8.45. The minimum absolute atomic E-state index is 0.369. The fraction of sp³-hybridized carbons (Fsp3) is 0.650. The standard InChI is InChI=1S/C20H32N8/c1-14-11-19(26-25-14)23-18-13-20(28-9-7-27(2)8-10-28)24-17(22-18)12-15-3-5-16(21)6-4-15/h11,13,15-16H,3-10,12,21H2,1-2H3,(H2,22,23,24,25,26). The number of rotatable bonds is 5. The molecule has 1 saturated carbocycles. The molecule has 0 unspecified atom stereocenters. The lowest BCUT2D eigenvalue weighted by Gasteiger charge is -2.33. The van der Waals surface area contributed by atoms with Gasteiger partial charge in [0.05, 0.1) is 0 Å². The van der Waals surface area contributed by atoms with Crippen LogP contribution >= 0.6 is 0 Å². The van der Waals surface area contributed by atoms with Crippen molar-refractivity contribution in [1.29, 1.82) is 0 Å². The van der Waals surface area contributed by atoms with Crippen molar-refractivity contribution in [3.8, 4) is 0 Å². The minimum atomic E-state index is 0.369. The Hall–Kier alpha value is -2.19. The highest BCUT2D eigenvalue weighted by atomic mass is 15.3. The molecule has 8 heteroatoms. The summed E-state index contributed by atoms with van der Waals surface area (Å²) in [6.45, 7) is 6.09. The van der Waals surface area contributed by atoms with E-state index in [9.17, 15) is 0 Å². The van der Waals surface area contributed by atoms with E-state index < -0.39 is 0 Å². The van der Waals surface area contributed by atoms with Gasteiger partial charge in [-0.15, -0.1) is 0 Å². The van der Waals surface area contributed by atoms with Gasteiger partial charge in [-0.1, -0.05) is 0 Å². The zero-order valence-corrected chi connectivity index (χ0v) is 17.0. The van der Waals surface area contributed by atoms with Crippen molar-refractivity contribution in [2.24, 2.45) is 11.7 Å². The molecule has 0 amide bonds. The number of H-pyrrole nitrogens is 1. The summed E-state index contributed by atoms with van der Waals surface area (Å²) in [6.07, 6.45) is 5.48. The van der Waals surface area contributed by atoms with Crippen molar-refractivity contribution < 1.29 is 0 Å². The quantitative estimate of drug-likeness (QED) is 0.726. The van der Waals surface area contributed by atoms with Crippen LogP contribution in [-0.2, 0) is 6.42 Å². The van der Waals surface area contributed by atoms with Gasteiger partial charge in [0.15, 0.2) is 5.82 Å². The highest BCUT2D eigenvalue weighted by molar-refractivity contribution is 5.57. The monoisotopic (exact) mass is 384 g/mol. The van der Waals surface area contributed by atoms with Gasteiger partial charge in [0, 0.05) is 56.5 Å². The Morgan fingerprint density at radius 1 is 1.07 bits per heavy atom. The molecule has 1 aliphatic carbocycles. The Morgan fingerprint density at radius 3 is 2.50 bits per heavy atom. The van der Waals surface area contributed by atoms with E-state index in [4.69, 9.17) is 15.7 Å². The zero-order chi connectivity index (χ0) is 19.5. The number of hydrogen-bond donors (Lipinski definition) is 3. The third kappa shape index (κ3) is 4.80. The lowest BCUT2D eigenvalue weighted by atomic mass is 9.84. The number of hydrogen-bond acceptors (Lipinski definition) is 7. The Bertz CT molecular complexity index is 772. The smallest absolute Gasteiger partial charge is 0.153 e. The molecular formula is C20H32N8. The van der Waals surface area contributed by atoms with Crippen molar-refractivity contribution in [1.82, 2.24) is 25.1 Å². The largest absolute Gasteiger partial charge is 0.354 e. The molecule has 0 bridgehead atoms. The van der Waals surface area contributed by atoms with Gasteiger partial charge in [0.25, 0.3) is 0 Å². The number of nitrogens with zero attached hydrogens (tertiary/aromatic N) is 5. The Labute approximate surface area is 166 Å². The summed E-state index contributed by atoms with van der Waals surface area (Å²) < 4.78 is 0. The molecule has 0 aromatic carbocycles. The molecule has 2 fully saturated rings. The molecule has 8 nitrogen and oxygen atoms in total. The van der Waals surface area contributed by atoms with E-state index in [1.807, 2.05) is 13.0 Å². The van der Waals surface area contributed by atoms with Crippen molar-refractivity contribution >= 4 is 17.5 Å². The lowest BCUT2D eigenvalue weighted by Crippen LogP contribution is -2.45. The zero-order valence-electron chi connectivity index (χ0n) is 17.0. The van der Waals surface area contributed by atoms with E-state index >= 15 is 0 Å². The first-order chi connectivity index (χ1) is 13.5. The van der Waals surface area contributed by atoms with Crippen LogP contribution in [0.2, 0.25) is 0 Å². The molecule has 152 valence electrons. The molecule has 3 heterocycles. The Morgan fingerprint density at radius 2 is 1.82 bits per heavy atom. The Balaban J connectivity index is 1.54. The summed E-state index contributed by atoms with van der Waals surface area (Å²) in [5.41, 5.74) is 7.10. The fourth-order valence-corrected chi connectivity index (χ4v) is 4.10. The number of likely N-dealkylation sites (N-methyl/N-ethyl adjacent to an activating group) is 1. The predicted molar refractivity (Wildman–Crippen MR) is 112 cm³/mol. The van der Waals surface area contributed by atoms with Gasteiger partial charge in [0.2, 0.25) is 0 Å². The highest BCUT2D eigenvalue weighted by Crippen LogP contribution is 2.27. The summed E-state index contributed by atoms with van der Waals surface area (Å²) in [5, 5.41) is 10.6. The lowest BCUT2D eigenvalue weighted by molar-refractivity contribution is 0.311. The van der Waals surface area contributed by atoms with Crippen LogP contribution in [0.5, 0.6) is 0 Å². The molecule has 2 aromatic rings. The van der Waals surface area contributed by atoms with E-state index in [1.54, 1.807) is 0 Å².